The first-order chi connectivity index (χ1) is 14.5. The van der Waals surface area contributed by atoms with Gasteiger partial charge in [0, 0.05) is 23.7 Å². The second kappa shape index (κ2) is 8.37. The molecule has 0 spiro atoms. The fraction of sp³-hybridized carbons (Fsp3) is 0.208. The summed E-state index contributed by atoms with van der Waals surface area (Å²) in [5.41, 5.74) is 4.43. The second-order valence-electron chi connectivity index (χ2n) is 7.52. The van der Waals surface area contributed by atoms with E-state index < -0.39 is 0 Å². The molecule has 30 heavy (non-hydrogen) atoms. The van der Waals surface area contributed by atoms with Crippen LogP contribution in [0.3, 0.4) is 0 Å². The minimum absolute atomic E-state index is 0.173. The highest BCUT2D eigenvalue weighted by Gasteiger charge is 2.17. The predicted molar refractivity (Wildman–Crippen MR) is 118 cm³/mol. The number of aromatic nitrogens is 3. The lowest BCUT2D eigenvalue weighted by Gasteiger charge is -2.11. The number of hydrogen-bond donors (Lipinski definition) is 1. The van der Waals surface area contributed by atoms with Gasteiger partial charge < -0.3 is 10.1 Å². The van der Waals surface area contributed by atoms with Gasteiger partial charge in [-0.05, 0) is 36.2 Å². The van der Waals surface area contributed by atoms with Gasteiger partial charge in [-0.1, -0.05) is 44.2 Å². The van der Waals surface area contributed by atoms with Crippen molar-refractivity contribution in [2.24, 2.45) is 5.92 Å². The summed E-state index contributed by atoms with van der Waals surface area (Å²) in [6, 6.07) is 21.2. The van der Waals surface area contributed by atoms with Crippen LogP contribution < -0.4 is 10.1 Å². The second-order valence-corrected chi connectivity index (χ2v) is 7.52. The first kappa shape index (κ1) is 19.6. The van der Waals surface area contributed by atoms with E-state index in [0.29, 0.717) is 29.5 Å². The summed E-state index contributed by atoms with van der Waals surface area (Å²) in [5.74, 6) is 0.948. The zero-order valence-electron chi connectivity index (χ0n) is 17.3. The highest BCUT2D eigenvalue weighted by molar-refractivity contribution is 5.94. The van der Waals surface area contributed by atoms with Crippen molar-refractivity contribution in [1.29, 1.82) is 0 Å². The summed E-state index contributed by atoms with van der Waals surface area (Å²) in [6.45, 7) is 4.71. The van der Waals surface area contributed by atoms with Crippen molar-refractivity contribution in [1.82, 2.24) is 19.9 Å². The number of rotatable bonds is 6. The zero-order chi connectivity index (χ0) is 21.1. The first-order valence-corrected chi connectivity index (χ1v) is 9.94. The van der Waals surface area contributed by atoms with Crippen molar-refractivity contribution in [3.63, 3.8) is 0 Å². The molecule has 0 atom stereocenters. The van der Waals surface area contributed by atoms with E-state index >= 15 is 0 Å². The number of benzene rings is 2. The predicted octanol–water partition coefficient (Wildman–Crippen LogP) is 4.46. The first-order valence-electron chi connectivity index (χ1n) is 9.94. The van der Waals surface area contributed by atoms with Crippen molar-refractivity contribution in [3.05, 3.63) is 72.4 Å². The van der Waals surface area contributed by atoms with Crippen LogP contribution in [0.2, 0.25) is 0 Å². The normalized spacial score (nSPS) is 11.1. The molecule has 2 aromatic heterocycles. The minimum atomic E-state index is -0.173. The van der Waals surface area contributed by atoms with E-state index in [1.165, 1.54) is 0 Å². The molecule has 0 saturated carbocycles. The van der Waals surface area contributed by atoms with E-state index in [2.05, 4.69) is 24.3 Å². The van der Waals surface area contributed by atoms with Gasteiger partial charge in [0.1, 0.15) is 11.4 Å². The van der Waals surface area contributed by atoms with Gasteiger partial charge in [0.2, 0.25) is 0 Å². The topological polar surface area (TPSA) is 68.5 Å². The van der Waals surface area contributed by atoms with Crippen molar-refractivity contribution >= 4 is 11.6 Å². The van der Waals surface area contributed by atoms with E-state index in [9.17, 15) is 4.79 Å². The highest BCUT2D eigenvalue weighted by Crippen LogP contribution is 2.25. The SMILES string of the molecule is COc1ccc(-c2cc(C(=O)NCC(C)C)n3nc(-c4ccccc4)cc3n2)cc1. The van der Waals surface area contributed by atoms with Crippen molar-refractivity contribution < 1.29 is 9.53 Å². The summed E-state index contributed by atoms with van der Waals surface area (Å²) in [4.78, 5) is 17.7. The lowest BCUT2D eigenvalue weighted by atomic mass is 10.1. The van der Waals surface area contributed by atoms with E-state index in [-0.39, 0.29) is 5.91 Å². The number of carbonyl (C=O) groups is 1. The van der Waals surface area contributed by atoms with Gasteiger partial charge in [0.25, 0.3) is 5.91 Å². The Bertz CT molecular complexity index is 1170. The molecular weight excluding hydrogens is 376 g/mol. The molecule has 1 amide bonds. The van der Waals surface area contributed by atoms with E-state index in [1.807, 2.05) is 60.7 Å². The number of nitrogens with zero attached hydrogens (tertiary/aromatic N) is 3. The van der Waals surface area contributed by atoms with Gasteiger partial charge in [-0.25, -0.2) is 9.50 Å². The minimum Gasteiger partial charge on any atom is -0.497 e. The van der Waals surface area contributed by atoms with Crippen LogP contribution in [0, 0.1) is 5.92 Å². The lowest BCUT2D eigenvalue weighted by molar-refractivity contribution is 0.0941. The van der Waals surface area contributed by atoms with Crippen LogP contribution >= 0.6 is 0 Å². The molecule has 4 rings (SSSR count). The third kappa shape index (κ3) is 4.03. The molecule has 0 aliphatic carbocycles. The number of carbonyl (C=O) groups excluding carboxylic acids is 1. The molecule has 6 nitrogen and oxygen atoms in total. The molecule has 0 fully saturated rings. The maximum atomic E-state index is 13.0. The number of ether oxygens (including phenoxy) is 1. The number of nitrogens with one attached hydrogen (secondary N) is 1. The number of hydrogen-bond acceptors (Lipinski definition) is 4. The van der Waals surface area contributed by atoms with Crippen molar-refractivity contribution in [2.75, 3.05) is 13.7 Å². The molecule has 0 radical (unpaired) electrons. The Balaban J connectivity index is 1.83. The van der Waals surface area contributed by atoms with E-state index in [0.717, 1.165) is 22.6 Å². The third-order valence-corrected chi connectivity index (χ3v) is 4.79. The molecule has 6 heteroatoms. The Hall–Kier alpha value is -3.67. The number of amides is 1. The average molecular weight is 400 g/mol. The Morgan fingerprint density at radius 1 is 1.00 bits per heavy atom. The largest absolute Gasteiger partial charge is 0.497 e. The quantitative estimate of drug-likeness (QED) is 0.519. The van der Waals surface area contributed by atoms with Crippen LogP contribution in [0.25, 0.3) is 28.2 Å². The molecule has 0 aliphatic rings. The van der Waals surface area contributed by atoms with Gasteiger partial charge in [-0.2, -0.15) is 5.10 Å². The van der Waals surface area contributed by atoms with Gasteiger partial charge in [-0.3, -0.25) is 4.79 Å². The molecule has 0 unspecified atom stereocenters. The third-order valence-electron chi connectivity index (χ3n) is 4.79. The summed E-state index contributed by atoms with van der Waals surface area (Å²) < 4.78 is 6.86. The molecular formula is C24H24N4O2. The summed E-state index contributed by atoms with van der Waals surface area (Å²) in [6.07, 6.45) is 0. The van der Waals surface area contributed by atoms with Gasteiger partial charge in [-0.15, -0.1) is 0 Å². The fourth-order valence-corrected chi connectivity index (χ4v) is 3.18. The Labute approximate surface area is 175 Å². The fourth-order valence-electron chi connectivity index (χ4n) is 3.18. The van der Waals surface area contributed by atoms with Crippen LogP contribution in [0.15, 0.2) is 66.7 Å². The molecule has 152 valence electrons. The van der Waals surface area contributed by atoms with Crippen LogP contribution in [0.4, 0.5) is 0 Å². The molecule has 0 bridgehead atoms. The zero-order valence-corrected chi connectivity index (χ0v) is 17.3. The van der Waals surface area contributed by atoms with Crippen LogP contribution in [-0.2, 0) is 0 Å². The summed E-state index contributed by atoms with van der Waals surface area (Å²) >= 11 is 0. The summed E-state index contributed by atoms with van der Waals surface area (Å²) in [5, 5.41) is 7.66. The standard InChI is InChI=1S/C24H24N4O2/c1-16(2)15-25-24(29)22-13-20(18-9-11-19(30-3)12-10-18)26-23-14-21(27-28(22)23)17-7-5-4-6-8-17/h4-14,16H,15H2,1-3H3,(H,25,29). The number of fused-ring (bicyclic) bond motifs is 1. The van der Waals surface area contributed by atoms with Crippen LogP contribution in [-0.4, -0.2) is 34.2 Å². The molecule has 0 aliphatic heterocycles. The monoisotopic (exact) mass is 400 g/mol. The molecule has 4 aromatic rings. The Morgan fingerprint density at radius 3 is 2.37 bits per heavy atom. The summed E-state index contributed by atoms with van der Waals surface area (Å²) in [7, 11) is 1.63. The van der Waals surface area contributed by atoms with Crippen LogP contribution in [0.5, 0.6) is 5.75 Å². The highest BCUT2D eigenvalue weighted by atomic mass is 16.5. The van der Waals surface area contributed by atoms with Gasteiger partial charge in [0.05, 0.1) is 18.5 Å². The maximum Gasteiger partial charge on any atom is 0.270 e. The van der Waals surface area contributed by atoms with Gasteiger partial charge >= 0.3 is 0 Å². The average Bonchev–Trinajstić information content (AvgIpc) is 3.21. The number of methoxy groups -OCH3 is 1. The maximum absolute atomic E-state index is 13.0. The molecule has 2 heterocycles. The molecule has 0 saturated heterocycles. The van der Waals surface area contributed by atoms with Crippen LogP contribution in [0.1, 0.15) is 24.3 Å². The molecule has 1 N–H and O–H groups in total. The van der Waals surface area contributed by atoms with Crippen molar-refractivity contribution in [3.8, 4) is 28.3 Å². The van der Waals surface area contributed by atoms with E-state index in [4.69, 9.17) is 9.72 Å². The van der Waals surface area contributed by atoms with E-state index in [1.54, 1.807) is 17.7 Å². The smallest absolute Gasteiger partial charge is 0.270 e. The lowest BCUT2D eigenvalue weighted by Crippen LogP contribution is -2.29. The van der Waals surface area contributed by atoms with Gasteiger partial charge in [0.15, 0.2) is 5.65 Å². The van der Waals surface area contributed by atoms with Crippen molar-refractivity contribution in [2.45, 2.75) is 13.8 Å². The molecule has 2 aromatic carbocycles. The Morgan fingerprint density at radius 2 is 1.70 bits per heavy atom. The Kier molecular flexibility index (Phi) is 5.48.